The molecule has 0 saturated carbocycles. The SMILES string of the molecule is O=c1c2cnn(-c3ccc(F)cc3)c2ncn1CC(O)c1ccc(F)cc1F. The van der Waals surface area contributed by atoms with Crippen molar-refractivity contribution >= 4 is 11.0 Å². The largest absolute Gasteiger partial charge is 0.386 e. The summed E-state index contributed by atoms with van der Waals surface area (Å²) >= 11 is 0. The van der Waals surface area contributed by atoms with Gasteiger partial charge in [-0.25, -0.2) is 22.8 Å². The smallest absolute Gasteiger partial charge is 0.264 e. The number of aliphatic hydroxyl groups excluding tert-OH is 1. The van der Waals surface area contributed by atoms with E-state index in [1.807, 2.05) is 0 Å². The number of rotatable bonds is 4. The van der Waals surface area contributed by atoms with Crippen molar-refractivity contribution in [3.8, 4) is 5.69 Å². The van der Waals surface area contributed by atoms with Crippen LogP contribution in [0.5, 0.6) is 0 Å². The third kappa shape index (κ3) is 3.16. The summed E-state index contributed by atoms with van der Waals surface area (Å²) in [6, 6.07) is 8.33. The lowest BCUT2D eigenvalue weighted by atomic mass is 10.1. The van der Waals surface area contributed by atoms with Gasteiger partial charge in [0.2, 0.25) is 0 Å². The number of nitrogens with zero attached hydrogens (tertiary/aromatic N) is 4. The predicted molar refractivity (Wildman–Crippen MR) is 94.4 cm³/mol. The van der Waals surface area contributed by atoms with E-state index in [1.165, 1.54) is 41.5 Å². The average Bonchev–Trinajstić information content (AvgIpc) is 3.09. The molecule has 6 nitrogen and oxygen atoms in total. The molecule has 0 aliphatic heterocycles. The summed E-state index contributed by atoms with van der Waals surface area (Å²) in [5, 5.41) is 14.5. The minimum Gasteiger partial charge on any atom is -0.386 e. The van der Waals surface area contributed by atoms with Gasteiger partial charge in [-0.1, -0.05) is 6.07 Å². The second-order valence-electron chi connectivity index (χ2n) is 6.15. The summed E-state index contributed by atoms with van der Waals surface area (Å²) in [6.07, 6.45) is 1.15. The maximum absolute atomic E-state index is 13.8. The Hall–Kier alpha value is -3.46. The predicted octanol–water partition coefficient (Wildman–Crippen LogP) is 2.73. The molecule has 2 aromatic carbocycles. The highest BCUT2D eigenvalue weighted by Gasteiger charge is 2.17. The highest BCUT2D eigenvalue weighted by atomic mass is 19.1. The molecule has 0 fully saturated rings. The van der Waals surface area contributed by atoms with Gasteiger partial charge in [0.05, 0.1) is 24.5 Å². The van der Waals surface area contributed by atoms with Crippen molar-refractivity contribution in [2.24, 2.45) is 0 Å². The number of halogens is 3. The van der Waals surface area contributed by atoms with Crippen LogP contribution in [0.15, 0.2) is 59.8 Å². The van der Waals surface area contributed by atoms with E-state index in [0.29, 0.717) is 11.8 Å². The first-order valence-electron chi connectivity index (χ1n) is 8.26. The molecular weight excluding hydrogens is 373 g/mol. The molecule has 28 heavy (non-hydrogen) atoms. The Morgan fingerprint density at radius 3 is 2.46 bits per heavy atom. The van der Waals surface area contributed by atoms with Crippen LogP contribution in [0.25, 0.3) is 16.7 Å². The van der Waals surface area contributed by atoms with E-state index >= 15 is 0 Å². The Kier molecular flexibility index (Phi) is 4.44. The van der Waals surface area contributed by atoms with Gasteiger partial charge in [-0.05, 0) is 30.3 Å². The van der Waals surface area contributed by atoms with Gasteiger partial charge in [-0.3, -0.25) is 9.36 Å². The zero-order valence-corrected chi connectivity index (χ0v) is 14.3. The van der Waals surface area contributed by atoms with Crippen LogP contribution >= 0.6 is 0 Å². The van der Waals surface area contributed by atoms with E-state index in [1.54, 1.807) is 0 Å². The van der Waals surface area contributed by atoms with Gasteiger partial charge in [-0.2, -0.15) is 5.10 Å². The van der Waals surface area contributed by atoms with Gasteiger partial charge < -0.3 is 5.11 Å². The molecule has 1 atom stereocenters. The average molecular weight is 386 g/mol. The molecule has 4 aromatic rings. The Morgan fingerprint density at radius 2 is 1.75 bits per heavy atom. The van der Waals surface area contributed by atoms with Crippen molar-refractivity contribution in [1.82, 2.24) is 19.3 Å². The van der Waals surface area contributed by atoms with Crippen LogP contribution in [0.1, 0.15) is 11.7 Å². The summed E-state index contributed by atoms with van der Waals surface area (Å²) in [5.41, 5.74) is 0.167. The summed E-state index contributed by atoms with van der Waals surface area (Å²) in [7, 11) is 0. The topological polar surface area (TPSA) is 72.9 Å². The van der Waals surface area contributed by atoms with Crippen LogP contribution in [0.3, 0.4) is 0 Å². The quantitative estimate of drug-likeness (QED) is 0.585. The fraction of sp³-hybridized carbons (Fsp3) is 0.105. The molecule has 0 spiro atoms. The molecule has 0 amide bonds. The lowest BCUT2D eigenvalue weighted by Crippen LogP contribution is -2.24. The molecule has 0 radical (unpaired) electrons. The third-order valence-electron chi connectivity index (χ3n) is 4.32. The van der Waals surface area contributed by atoms with Gasteiger partial charge >= 0.3 is 0 Å². The van der Waals surface area contributed by atoms with E-state index in [0.717, 1.165) is 16.7 Å². The molecule has 0 saturated heterocycles. The van der Waals surface area contributed by atoms with Crippen molar-refractivity contribution in [2.75, 3.05) is 0 Å². The van der Waals surface area contributed by atoms with Crippen LogP contribution in [-0.4, -0.2) is 24.4 Å². The van der Waals surface area contributed by atoms with Crippen LogP contribution in [0.4, 0.5) is 13.2 Å². The Morgan fingerprint density at radius 1 is 1.04 bits per heavy atom. The highest BCUT2D eigenvalue weighted by molar-refractivity contribution is 5.74. The summed E-state index contributed by atoms with van der Waals surface area (Å²) in [4.78, 5) is 16.9. The van der Waals surface area contributed by atoms with Crippen LogP contribution in [0.2, 0.25) is 0 Å². The molecular formula is C19H13F3N4O2. The van der Waals surface area contributed by atoms with Gasteiger partial charge in [-0.15, -0.1) is 0 Å². The second-order valence-corrected chi connectivity index (χ2v) is 6.15. The van der Waals surface area contributed by atoms with Crippen LogP contribution < -0.4 is 5.56 Å². The minimum absolute atomic E-state index is 0.129. The number of fused-ring (bicyclic) bond motifs is 1. The Labute approximate surface area is 156 Å². The van der Waals surface area contributed by atoms with Crippen molar-refractivity contribution in [3.05, 3.63) is 88.4 Å². The normalized spacial score (nSPS) is 12.4. The standard InChI is InChI=1S/C19H13F3N4O2/c20-11-1-4-13(5-2-11)26-18-15(8-24-26)19(28)25(10-23-18)9-17(27)14-6-3-12(21)7-16(14)22/h1-8,10,17,27H,9H2. The Bertz CT molecular complexity index is 1220. The molecule has 142 valence electrons. The van der Waals surface area contributed by atoms with E-state index in [-0.39, 0.29) is 23.1 Å². The first kappa shape index (κ1) is 17.9. The van der Waals surface area contributed by atoms with Crippen LogP contribution in [-0.2, 0) is 6.54 Å². The van der Waals surface area contributed by atoms with E-state index in [4.69, 9.17) is 0 Å². The first-order valence-corrected chi connectivity index (χ1v) is 8.26. The van der Waals surface area contributed by atoms with Crippen LogP contribution in [0, 0.1) is 17.5 Å². The monoisotopic (exact) mass is 386 g/mol. The van der Waals surface area contributed by atoms with Crippen molar-refractivity contribution in [2.45, 2.75) is 12.6 Å². The number of hydrogen-bond acceptors (Lipinski definition) is 4. The maximum Gasteiger partial charge on any atom is 0.264 e. The molecule has 0 bridgehead atoms. The van der Waals surface area contributed by atoms with Crippen molar-refractivity contribution < 1.29 is 18.3 Å². The zero-order valence-electron chi connectivity index (χ0n) is 14.3. The van der Waals surface area contributed by atoms with E-state index in [2.05, 4.69) is 10.1 Å². The van der Waals surface area contributed by atoms with Gasteiger partial charge in [0.25, 0.3) is 5.56 Å². The zero-order chi connectivity index (χ0) is 19.8. The molecule has 1 N–H and O–H groups in total. The summed E-state index contributed by atoms with van der Waals surface area (Å²) in [6.45, 7) is -0.272. The van der Waals surface area contributed by atoms with Gasteiger partial charge in [0, 0.05) is 11.6 Å². The molecule has 9 heteroatoms. The maximum atomic E-state index is 13.8. The Balaban J connectivity index is 1.69. The number of aliphatic hydroxyl groups is 1. The van der Waals surface area contributed by atoms with E-state index in [9.17, 15) is 23.1 Å². The van der Waals surface area contributed by atoms with Crippen molar-refractivity contribution in [1.29, 1.82) is 0 Å². The third-order valence-corrected chi connectivity index (χ3v) is 4.32. The first-order chi connectivity index (χ1) is 13.4. The highest BCUT2D eigenvalue weighted by Crippen LogP contribution is 2.20. The fourth-order valence-corrected chi connectivity index (χ4v) is 2.91. The van der Waals surface area contributed by atoms with Gasteiger partial charge in [0.15, 0.2) is 5.65 Å². The molecule has 2 aromatic heterocycles. The lowest BCUT2D eigenvalue weighted by Gasteiger charge is -2.13. The molecule has 0 aliphatic carbocycles. The van der Waals surface area contributed by atoms with Gasteiger partial charge in [0.1, 0.15) is 29.2 Å². The minimum atomic E-state index is -1.37. The number of benzene rings is 2. The molecule has 0 aliphatic rings. The van der Waals surface area contributed by atoms with E-state index < -0.39 is 29.1 Å². The number of hydrogen-bond donors (Lipinski definition) is 1. The second kappa shape index (κ2) is 6.93. The summed E-state index contributed by atoms with van der Waals surface area (Å²) < 4.78 is 42.5. The fourth-order valence-electron chi connectivity index (χ4n) is 2.91. The lowest BCUT2D eigenvalue weighted by molar-refractivity contribution is 0.150. The molecule has 4 rings (SSSR count). The summed E-state index contributed by atoms with van der Waals surface area (Å²) in [5.74, 6) is -2.07. The molecule has 1 unspecified atom stereocenters. The number of aromatic nitrogens is 4. The molecule has 2 heterocycles. The van der Waals surface area contributed by atoms with Crippen molar-refractivity contribution in [3.63, 3.8) is 0 Å².